The van der Waals surface area contributed by atoms with Crippen LogP contribution in [0.15, 0.2) is 11.6 Å². The Labute approximate surface area is 110 Å². The Kier molecular flexibility index (Phi) is 4.25. The Bertz CT molecular complexity index is 462. The lowest BCUT2D eigenvalue weighted by atomic mass is 10.1. The van der Waals surface area contributed by atoms with Crippen molar-refractivity contribution in [1.82, 2.24) is 15.3 Å². The van der Waals surface area contributed by atoms with Crippen LogP contribution in [0.2, 0.25) is 0 Å². The molecule has 2 rings (SSSR count). The fourth-order valence-electron chi connectivity index (χ4n) is 1.90. The van der Waals surface area contributed by atoms with Gasteiger partial charge in [-0.3, -0.25) is 0 Å². The van der Waals surface area contributed by atoms with Crippen LogP contribution in [0, 0.1) is 13.8 Å². The normalized spacial score (nSPS) is 12.9. The van der Waals surface area contributed by atoms with Crippen LogP contribution in [0.3, 0.4) is 0 Å². The summed E-state index contributed by atoms with van der Waals surface area (Å²) in [5.74, 6) is 0. The van der Waals surface area contributed by atoms with Gasteiger partial charge in [-0.2, -0.15) is 0 Å². The van der Waals surface area contributed by atoms with Gasteiger partial charge in [0.2, 0.25) is 0 Å². The Hall–Kier alpha value is -0.780. The molecule has 0 amide bonds. The zero-order chi connectivity index (χ0) is 12.3. The van der Waals surface area contributed by atoms with Crippen molar-refractivity contribution in [2.24, 2.45) is 0 Å². The first kappa shape index (κ1) is 12.7. The quantitative estimate of drug-likeness (QED) is 0.904. The predicted molar refractivity (Wildman–Crippen MR) is 73.8 cm³/mol. The molecule has 0 fully saturated rings. The average molecular weight is 267 g/mol. The molecule has 0 aromatic carbocycles. The first-order valence-corrected chi connectivity index (χ1v) is 7.46. The molecular weight excluding hydrogens is 250 g/mol. The van der Waals surface area contributed by atoms with Gasteiger partial charge in [0.25, 0.3) is 0 Å². The van der Waals surface area contributed by atoms with E-state index in [1.807, 2.05) is 11.6 Å². The second-order valence-electron chi connectivity index (χ2n) is 3.92. The smallest absolute Gasteiger partial charge is 0.0944 e. The third-order valence-corrected chi connectivity index (χ3v) is 4.56. The summed E-state index contributed by atoms with van der Waals surface area (Å²) in [4.78, 5) is 10.2. The molecule has 0 aliphatic heterocycles. The van der Waals surface area contributed by atoms with Gasteiger partial charge in [-0.15, -0.1) is 22.7 Å². The Balaban J connectivity index is 2.19. The molecule has 3 nitrogen and oxygen atoms in total. The van der Waals surface area contributed by atoms with Crippen molar-refractivity contribution >= 4 is 22.7 Å². The van der Waals surface area contributed by atoms with Crippen molar-refractivity contribution in [3.63, 3.8) is 0 Å². The van der Waals surface area contributed by atoms with Crippen LogP contribution in [-0.4, -0.2) is 16.5 Å². The van der Waals surface area contributed by atoms with Gasteiger partial charge in [0.05, 0.1) is 15.7 Å². The maximum absolute atomic E-state index is 4.51. The van der Waals surface area contributed by atoms with E-state index in [1.165, 1.54) is 9.88 Å². The number of nitrogens with one attached hydrogen (secondary N) is 1. The molecule has 1 unspecified atom stereocenters. The minimum absolute atomic E-state index is 0.345. The van der Waals surface area contributed by atoms with E-state index >= 15 is 0 Å². The Morgan fingerprint density at radius 3 is 2.76 bits per heavy atom. The molecule has 2 aromatic heterocycles. The number of aromatic nitrogens is 2. The molecule has 0 aliphatic rings. The van der Waals surface area contributed by atoms with Crippen LogP contribution in [0.1, 0.15) is 33.6 Å². The molecule has 0 saturated carbocycles. The molecule has 1 atom stereocenters. The Morgan fingerprint density at radius 2 is 2.24 bits per heavy atom. The van der Waals surface area contributed by atoms with Gasteiger partial charge >= 0.3 is 0 Å². The van der Waals surface area contributed by atoms with Gasteiger partial charge in [-0.25, -0.2) is 9.97 Å². The molecule has 17 heavy (non-hydrogen) atoms. The minimum atomic E-state index is 0.345. The Morgan fingerprint density at radius 1 is 1.41 bits per heavy atom. The summed E-state index contributed by atoms with van der Waals surface area (Å²) < 4.78 is 0. The summed E-state index contributed by atoms with van der Waals surface area (Å²) in [5, 5.41) is 7.88. The summed E-state index contributed by atoms with van der Waals surface area (Å²) in [6, 6.07) is 0.345. The summed E-state index contributed by atoms with van der Waals surface area (Å²) in [6.07, 6.45) is 2.82. The van der Waals surface area contributed by atoms with E-state index in [0.717, 1.165) is 23.7 Å². The van der Waals surface area contributed by atoms with E-state index < -0.39 is 0 Å². The monoisotopic (exact) mass is 267 g/mol. The molecule has 2 aromatic rings. The van der Waals surface area contributed by atoms with Crippen LogP contribution in [-0.2, 0) is 6.42 Å². The number of hydrogen-bond acceptors (Lipinski definition) is 5. The highest BCUT2D eigenvalue weighted by Gasteiger charge is 2.18. The molecule has 1 N–H and O–H groups in total. The third kappa shape index (κ3) is 3.12. The lowest BCUT2D eigenvalue weighted by Gasteiger charge is -2.15. The van der Waals surface area contributed by atoms with Gasteiger partial charge in [0.15, 0.2) is 0 Å². The maximum atomic E-state index is 4.51. The molecule has 92 valence electrons. The van der Waals surface area contributed by atoms with Crippen LogP contribution < -0.4 is 5.32 Å². The van der Waals surface area contributed by atoms with E-state index in [-0.39, 0.29) is 0 Å². The zero-order valence-electron chi connectivity index (χ0n) is 10.4. The molecule has 2 heterocycles. The second-order valence-corrected chi connectivity index (χ2v) is 6.14. The summed E-state index contributed by atoms with van der Waals surface area (Å²) >= 11 is 3.51. The largest absolute Gasteiger partial charge is 0.309 e. The highest BCUT2D eigenvalue weighted by atomic mass is 32.1. The van der Waals surface area contributed by atoms with Crippen LogP contribution >= 0.6 is 22.7 Å². The van der Waals surface area contributed by atoms with Gasteiger partial charge in [-0.1, -0.05) is 6.92 Å². The molecular formula is C12H17N3S2. The average Bonchev–Trinajstić information content (AvgIpc) is 2.88. The highest BCUT2D eigenvalue weighted by Crippen LogP contribution is 2.27. The predicted octanol–water partition coefficient (Wildman–Crippen LogP) is 3.11. The van der Waals surface area contributed by atoms with Crippen LogP contribution in [0.5, 0.6) is 0 Å². The van der Waals surface area contributed by atoms with Crippen LogP contribution in [0.4, 0.5) is 0 Å². The van der Waals surface area contributed by atoms with Crippen molar-refractivity contribution in [1.29, 1.82) is 0 Å². The zero-order valence-corrected chi connectivity index (χ0v) is 12.0. The number of thiazole rings is 2. The molecule has 0 radical (unpaired) electrons. The lowest BCUT2D eigenvalue weighted by Crippen LogP contribution is -2.22. The van der Waals surface area contributed by atoms with Crippen molar-refractivity contribution in [2.45, 2.75) is 33.2 Å². The third-order valence-electron chi connectivity index (χ3n) is 2.57. The van der Waals surface area contributed by atoms with Gasteiger partial charge in [0.1, 0.15) is 0 Å². The number of likely N-dealkylation sites (N-methyl/N-ethyl adjacent to an activating group) is 1. The van der Waals surface area contributed by atoms with Crippen molar-refractivity contribution < 1.29 is 0 Å². The standard InChI is InChI=1S/C12H17N3S2/c1-4-13-10(7-11-14-5-6-16-11)12-8(2)15-9(3)17-12/h5-6,10,13H,4,7H2,1-3H3. The second kappa shape index (κ2) is 5.71. The van der Waals surface area contributed by atoms with E-state index in [9.17, 15) is 0 Å². The lowest BCUT2D eigenvalue weighted by molar-refractivity contribution is 0.553. The fourth-order valence-corrected chi connectivity index (χ4v) is 3.57. The molecule has 0 aliphatic carbocycles. The SMILES string of the molecule is CCNC(Cc1nccs1)c1sc(C)nc1C. The first-order valence-electron chi connectivity index (χ1n) is 5.76. The van der Waals surface area contributed by atoms with E-state index in [4.69, 9.17) is 0 Å². The topological polar surface area (TPSA) is 37.8 Å². The first-order chi connectivity index (χ1) is 8.20. The van der Waals surface area contributed by atoms with E-state index in [2.05, 4.69) is 36.1 Å². The molecule has 0 spiro atoms. The van der Waals surface area contributed by atoms with Crippen LogP contribution in [0.25, 0.3) is 0 Å². The summed E-state index contributed by atoms with van der Waals surface area (Å²) in [5.41, 5.74) is 1.15. The summed E-state index contributed by atoms with van der Waals surface area (Å²) in [7, 11) is 0. The molecule has 0 bridgehead atoms. The summed E-state index contributed by atoms with van der Waals surface area (Å²) in [6.45, 7) is 7.25. The minimum Gasteiger partial charge on any atom is -0.309 e. The maximum Gasteiger partial charge on any atom is 0.0944 e. The number of rotatable bonds is 5. The molecule has 5 heteroatoms. The van der Waals surface area contributed by atoms with Gasteiger partial charge < -0.3 is 5.32 Å². The van der Waals surface area contributed by atoms with Crippen molar-refractivity contribution in [2.75, 3.05) is 6.54 Å². The molecule has 0 saturated heterocycles. The van der Waals surface area contributed by atoms with Gasteiger partial charge in [0, 0.05) is 28.9 Å². The van der Waals surface area contributed by atoms with E-state index in [1.54, 1.807) is 22.7 Å². The number of aryl methyl sites for hydroxylation is 2. The van der Waals surface area contributed by atoms with Crippen molar-refractivity contribution in [3.05, 3.63) is 32.2 Å². The van der Waals surface area contributed by atoms with Crippen molar-refractivity contribution in [3.8, 4) is 0 Å². The van der Waals surface area contributed by atoms with Gasteiger partial charge in [-0.05, 0) is 20.4 Å². The number of hydrogen-bond donors (Lipinski definition) is 1. The van der Waals surface area contributed by atoms with E-state index in [0.29, 0.717) is 6.04 Å². The fraction of sp³-hybridized carbons (Fsp3) is 0.500. The highest BCUT2D eigenvalue weighted by molar-refractivity contribution is 7.11. The number of nitrogens with zero attached hydrogens (tertiary/aromatic N) is 2.